The van der Waals surface area contributed by atoms with Gasteiger partial charge in [-0.05, 0) is 31.4 Å². The Morgan fingerprint density at radius 3 is 2.90 bits per heavy atom. The highest BCUT2D eigenvalue weighted by atomic mass is 35.5. The van der Waals surface area contributed by atoms with Gasteiger partial charge in [-0.2, -0.15) is 0 Å². The molecule has 1 saturated heterocycles. The first-order chi connectivity index (χ1) is 9.65. The van der Waals surface area contributed by atoms with Crippen molar-refractivity contribution < 1.29 is 9.66 Å². The van der Waals surface area contributed by atoms with E-state index < -0.39 is 4.92 Å². The first-order valence-corrected chi connectivity index (χ1v) is 7.39. The predicted octanol–water partition coefficient (Wildman–Crippen LogP) is 3.34. The molecule has 6 heteroatoms. The highest BCUT2D eigenvalue weighted by Crippen LogP contribution is 2.28. The standard InChI is InChI=1S/C14H19ClN2O3/c1-2-16(10-13-4-3-7-20-13)14-6-5-12(17(18)19)8-11(14)9-15/h5-6,8,13H,2-4,7,9-10H2,1H3. The molecule has 1 aliphatic rings. The van der Waals surface area contributed by atoms with Crippen molar-refractivity contribution >= 4 is 23.0 Å². The van der Waals surface area contributed by atoms with Gasteiger partial charge in [-0.15, -0.1) is 11.6 Å². The smallest absolute Gasteiger partial charge is 0.269 e. The molecule has 1 fully saturated rings. The zero-order valence-corrected chi connectivity index (χ0v) is 12.3. The van der Waals surface area contributed by atoms with Crippen LogP contribution in [-0.4, -0.2) is 30.7 Å². The number of alkyl halides is 1. The summed E-state index contributed by atoms with van der Waals surface area (Å²) in [6, 6.07) is 4.87. The SMILES string of the molecule is CCN(CC1CCCO1)c1ccc([N+](=O)[O-])cc1CCl. The van der Waals surface area contributed by atoms with Crippen molar-refractivity contribution in [1.29, 1.82) is 0 Å². The summed E-state index contributed by atoms with van der Waals surface area (Å²) < 4.78 is 5.66. The third-order valence-corrected chi connectivity index (χ3v) is 3.88. The third-order valence-electron chi connectivity index (χ3n) is 3.59. The van der Waals surface area contributed by atoms with Crippen molar-refractivity contribution in [2.24, 2.45) is 0 Å². The number of non-ortho nitro benzene ring substituents is 1. The topological polar surface area (TPSA) is 55.6 Å². The van der Waals surface area contributed by atoms with Gasteiger partial charge in [0.1, 0.15) is 0 Å². The quantitative estimate of drug-likeness (QED) is 0.459. The van der Waals surface area contributed by atoms with Gasteiger partial charge in [0, 0.05) is 43.4 Å². The Bertz CT molecular complexity index is 475. The molecule has 0 amide bonds. The lowest BCUT2D eigenvalue weighted by Gasteiger charge is -2.27. The van der Waals surface area contributed by atoms with Crippen molar-refractivity contribution in [3.63, 3.8) is 0 Å². The Kier molecular flexibility index (Phi) is 5.20. The summed E-state index contributed by atoms with van der Waals surface area (Å²) in [5.41, 5.74) is 1.84. The van der Waals surface area contributed by atoms with Gasteiger partial charge < -0.3 is 9.64 Å². The summed E-state index contributed by atoms with van der Waals surface area (Å²) in [5.74, 6) is 0.263. The number of nitrogens with zero attached hydrogens (tertiary/aromatic N) is 2. The molecule has 1 heterocycles. The summed E-state index contributed by atoms with van der Waals surface area (Å²) in [6.45, 7) is 4.51. The lowest BCUT2D eigenvalue weighted by atomic mass is 10.1. The van der Waals surface area contributed by atoms with E-state index >= 15 is 0 Å². The van der Waals surface area contributed by atoms with Crippen LogP contribution in [0.1, 0.15) is 25.3 Å². The van der Waals surface area contributed by atoms with E-state index in [4.69, 9.17) is 16.3 Å². The predicted molar refractivity (Wildman–Crippen MR) is 79.5 cm³/mol. The molecule has 0 aromatic heterocycles. The molecule has 0 spiro atoms. The third kappa shape index (κ3) is 3.41. The van der Waals surface area contributed by atoms with Crippen LogP contribution >= 0.6 is 11.6 Å². The molecule has 2 rings (SSSR count). The first-order valence-electron chi connectivity index (χ1n) is 6.85. The highest BCUT2D eigenvalue weighted by Gasteiger charge is 2.21. The molecule has 0 radical (unpaired) electrons. The van der Waals surface area contributed by atoms with Crippen LogP contribution in [-0.2, 0) is 10.6 Å². The number of hydrogen-bond donors (Lipinski definition) is 0. The highest BCUT2D eigenvalue weighted by molar-refractivity contribution is 6.17. The van der Waals surface area contributed by atoms with E-state index in [9.17, 15) is 10.1 Å². The molecule has 0 aliphatic carbocycles. The van der Waals surface area contributed by atoms with Crippen LogP contribution in [0.5, 0.6) is 0 Å². The first kappa shape index (κ1) is 15.1. The van der Waals surface area contributed by atoms with Crippen LogP contribution in [0.4, 0.5) is 11.4 Å². The lowest BCUT2D eigenvalue weighted by Crippen LogP contribution is -2.32. The van der Waals surface area contributed by atoms with Gasteiger partial charge in [-0.3, -0.25) is 10.1 Å². The maximum atomic E-state index is 10.8. The molecule has 1 aliphatic heterocycles. The molecule has 5 nitrogen and oxygen atoms in total. The van der Waals surface area contributed by atoms with Crippen LogP contribution in [0.15, 0.2) is 18.2 Å². The number of halogens is 1. The number of rotatable bonds is 6. The zero-order chi connectivity index (χ0) is 14.5. The number of hydrogen-bond acceptors (Lipinski definition) is 4. The van der Waals surface area contributed by atoms with Gasteiger partial charge >= 0.3 is 0 Å². The maximum Gasteiger partial charge on any atom is 0.269 e. The van der Waals surface area contributed by atoms with Gasteiger partial charge in [-0.1, -0.05) is 0 Å². The van der Waals surface area contributed by atoms with E-state index in [1.807, 2.05) is 0 Å². The number of nitro groups is 1. The Morgan fingerprint density at radius 1 is 1.55 bits per heavy atom. The Morgan fingerprint density at radius 2 is 2.35 bits per heavy atom. The van der Waals surface area contributed by atoms with E-state index in [1.54, 1.807) is 12.1 Å². The molecule has 20 heavy (non-hydrogen) atoms. The van der Waals surface area contributed by atoms with E-state index in [-0.39, 0.29) is 17.7 Å². The Hall–Kier alpha value is -1.33. The molecule has 110 valence electrons. The van der Waals surface area contributed by atoms with Gasteiger partial charge in [0.25, 0.3) is 5.69 Å². The molecule has 1 unspecified atom stereocenters. The minimum Gasteiger partial charge on any atom is -0.376 e. The Labute approximate surface area is 123 Å². The van der Waals surface area contributed by atoms with Crippen molar-refractivity contribution in [1.82, 2.24) is 0 Å². The zero-order valence-electron chi connectivity index (χ0n) is 11.5. The fourth-order valence-corrected chi connectivity index (χ4v) is 2.75. The average molecular weight is 299 g/mol. The van der Waals surface area contributed by atoms with Crippen molar-refractivity contribution in [2.75, 3.05) is 24.6 Å². The van der Waals surface area contributed by atoms with E-state index in [2.05, 4.69) is 11.8 Å². The molecule has 1 aromatic carbocycles. The van der Waals surface area contributed by atoms with Crippen LogP contribution < -0.4 is 4.90 Å². The molecular formula is C14H19ClN2O3. The second kappa shape index (κ2) is 6.90. The fraction of sp³-hybridized carbons (Fsp3) is 0.571. The van der Waals surface area contributed by atoms with Crippen LogP contribution in [0, 0.1) is 10.1 Å². The lowest BCUT2D eigenvalue weighted by molar-refractivity contribution is -0.384. The summed E-state index contributed by atoms with van der Waals surface area (Å²) in [4.78, 5) is 12.6. The van der Waals surface area contributed by atoms with Gasteiger partial charge in [0.2, 0.25) is 0 Å². The van der Waals surface area contributed by atoms with Crippen molar-refractivity contribution in [3.8, 4) is 0 Å². The number of ether oxygens (including phenoxy) is 1. The second-order valence-electron chi connectivity index (χ2n) is 4.88. The molecular weight excluding hydrogens is 280 g/mol. The van der Waals surface area contributed by atoms with Crippen LogP contribution in [0.3, 0.4) is 0 Å². The van der Waals surface area contributed by atoms with Gasteiger partial charge in [0.15, 0.2) is 0 Å². The molecule has 0 N–H and O–H groups in total. The number of likely N-dealkylation sites (N-methyl/N-ethyl adjacent to an activating group) is 1. The van der Waals surface area contributed by atoms with Crippen molar-refractivity contribution in [3.05, 3.63) is 33.9 Å². The average Bonchev–Trinajstić information content (AvgIpc) is 2.97. The number of benzene rings is 1. The summed E-state index contributed by atoms with van der Waals surface area (Å²) in [5, 5.41) is 10.8. The Balaban J connectivity index is 2.21. The van der Waals surface area contributed by atoms with Crippen LogP contribution in [0.25, 0.3) is 0 Å². The normalized spacial score (nSPS) is 18.2. The minimum absolute atomic E-state index is 0.0811. The summed E-state index contributed by atoms with van der Waals surface area (Å²) in [7, 11) is 0. The van der Waals surface area contributed by atoms with E-state index in [0.29, 0.717) is 0 Å². The van der Waals surface area contributed by atoms with Crippen LogP contribution in [0.2, 0.25) is 0 Å². The maximum absolute atomic E-state index is 10.8. The van der Waals surface area contributed by atoms with E-state index in [0.717, 1.165) is 43.8 Å². The summed E-state index contributed by atoms with van der Waals surface area (Å²) >= 11 is 5.95. The fourth-order valence-electron chi connectivity index (χ4n) is 2.53. The van der Waals surface area contributed by atoms with E-state index in [1.165, 1.54) is 6.07 Å². The molecule has 1 aromatic rings. The summed E-state index contributed by atoms with van der Waals surface area (Å²) in [6.07, 6.45) is 2.41. The monoisotopic (exact) mass is 298 g/mol. The molecule has 1 atom stereocenters. The number of anilines is 1. The molecule has 0 saturated carbocycles. The number of nitro benzene ring substituents is 1. The second-order valence-corrected chi connectivity index (χ2v) is 5.14. The van der Waals surface area contributed by atoms with Gasteiger partial charge in [0.05, 0.1) is 11.0 Å². The molecule has 0 bridgehead atoms. The van der Waals surface area contributed by atoms with Crippen molar-refractivity contribution in [2.45, 2.75) is 31.7 Å². The minimum atomic E-state index is -0.393. The van der Waals surface area contributed by atoms with Gasteiger partial charge in [-0.25, -0.2) is 0 Å². The largest absolute Gasteiger partial charge is 0.376 e.